The monoisotopic (exact) mass is 412 g/mol. The lowest BCUT2D eigenvalue weighted by molar-refractivity contribution is -0.0976. The van der Waals surface area contributed by atoms with Crippen LogP contribution in [0, 0.1) is 53.7 Å². The lowest BCUT2D eigenvalue weighted by Gasteiger charge is -2.56. The van der Waals surface area contributed by atoms with Crippen molar-refractivity contribution in [1.82, 2.24) is 0 Å². The molecule has 5 rings (SSSR count). The summed E-state index contributed by atoms with van der Waals surface area (Å²) >= 11 is 0. The number of hydrogen-bond acceptors (Lipinski definition) is 2. The molecule has 0 aliphatic heterocycles. The van der Waals surface area contributed by atoms with E-state index in [-0.39, 0.29) is 22.9 Å². The van der Waals surface area contributed by atoms with Gasteiger partial charge in [0.15, 0.2) is 5.78 Å². The molecule has 0 heterocycles. The first kappa shape index (κ1) is 20.7. The van der Waals surface area contributed by atoms with Crippen molar-refractivity contribution in [3.63, 3.8) is 0 Å². The standard InChI is InChI=1S/C27H37FO2/c1-16-12-18(14-19(28)13-16)25(29)24-7-6-23-22-5-4-17-15-26(2,30)10-8-20(17)21(22)9-11-27(23,24)3/h12-14,17,20-24,30H,4-11,15H2,1-3H3/t17-,20+,21-,22-,23+,24-,26-,27+/m1/s1. The molecule has 164 valence electrons. The van der Waals surface area contributed by atoms with Crippen LogP contribution in [0.15, 0.2) is 18.2 Å². The van der Waals surface area contributed by atoms with E-state index in [0.29, 0.717) is 17.4 Å². The Hall–Kier alpha value is -1.22. The van der Waals surface area contributed by atoms with Crippen molar-refractivity contribution in [1.29, 1.82) is 0 Å². The number of fused-ring (bicyclic) bond motifs is 5. The lowest BCUT2D eigenvalue weighted by atomic mass is 9.49. The van der Waals surface area contributed by atoms with Crippen molar-refractivity contribution >= 4 is 5.78 Å². The van der Waals surface area contributed by atoms with Crippen LogP contribution in [0.3, 0.4) is 0 Å². The summed E-state index contributed by atoms with van der Waals surface area (Å²) in [6, 6.07) is 4.81. The summed E-state index contributed by atoms with van der Waals surface area (Å²) in [4.78, 5) is 13.5. The summed E-state index contributed by atoms with van der Waals surface area (Å²) in [5.74, 6) is 3.51. The van der Waals surface area contributed by atoms with E-state index in [0.717, 1.165) is 55.4 Å². The Morgan fingerprint density at radius 3 is 2.50 bits per heavy atom. The molecule has 3 heteroatoms. The summed E-state index contributed by atoms with van der Waals surface area (Å²) in [5, 5.41) is 10.6. The third kappa shape index (κ3) is 3.27. The average Bonchev–Trinajstić information content (AvgIpc) is 3.02. The molecular formula is C27H37FO2. The maximum atomic E-state index is 14.0. The van der Waals surface area contributed by atoms with Crippen molar-refractivity contribution < 1.29 is 14.3 Å². The van der Waals surface area contributed by atoms with Crippen LogP contribution < -0.4 is 0 Å². The maximum Gasteiger partial charge on any atom is 0.166 e. The number of rotatable bonds is 2. The van der Waals surface area contributed by atoms with E-state index in [1.54, 1.807) is 0 Å². The Morgan fingerprint density at radius 1 is 0.967 bits per heavy atom. The van der Waals surface area contributed by atoms with Gasteiger partial charge in [-0.25, -0.2) is 4.39 Å². The van der Waals surface area contributed by atoms with E-state index >= 15 is 0 Å². The van der Waals surface area contributed by atoms with Crippen LogP contribution in [0.5, 0.6) is 0 Å². The fraction of sp³-hybridized carbons (Fsp3) is 0.741. The maximum absolute atomic E-state index is 14.0. The van der Waals surface area contributed by atoms with E-state index in [4.69, 9.17) is 0 Å². The molecular weight excluding hydrogens is 375 g/mol. The second-order valence-electron chi connectivity index (χ2n) is 11.7. The molecule has 0 aromatic heterocycles. The number of ketones is 1. The number of benzene rings is 1. The van der Waals surface area contributed by atoms with Crippen LogP contribution in [-0.2, 0) is 0 Å². The number of halogens is 1. The van der Waals surface area contributed by atoms with Gasteiger partial charge < -0.3 is 5.11 Å². The Morgan fingerprint density at radius 2 is 1.73 bits per heavy atom. The van der Waals surface area contributed by atoms with Gasteiger partial charge in [-0.05, 0) is 130 Å². The van der Waals surface area contributed by atoms with Gasteiger partial charge in [0, 0.05) is 11.5 Å². The van der Waals surface area contributed by atoms with Crippen molar-refractivity contribution in [2.45, 2.75) is 84.2 Å². The molecule has 1 aromatic carbocycles. The van der Waals surface area contributed by atoms with Gasteiger partial charge in [-0.15, -0.1) is 0 Å². The first-order valence-corrected chi connectivity index (χ1v) is 12.2. The molecule has 0 spiro atoms. The van der Waals surface area contributed by atoms with E-state index in [1.807, 2.05) is 19.9 Å². The largest absolute Gasteiger partial charge is 0.390 e. The molecule has 30 heavy (non-hydrogen) atoms. The second-order valence-corrected chi connectivity index (χ2v) is 11.7. The fourth-order valence-electron chi connectivity index (χ4n) is 8.59. The number of carbonyl (C=O) groups is 1. The van der Waals surface area contributed by atoms with Gasteiger partial charge >= 0.3 is 0 Å². The number of aryl methyl sites for hydroxylation is 1. The predicted octanol–water partition coefficient (Wildman–Crippen LogP) is 6.34. The molecule has 0 bridgehead atoms. The summed E-state index contributed by atoms with van der Waals surface area (Å²) < 4.78 is 14.0. The molecule has 8 atom stereocenters. The lowest BCUT2D eigenvalue weighted by Crippen LogP contribution is -2.51. The van der Waals surface area contributed by atoms with Gasteiger partial charge in [-0.1, -0.05) is 6.92 Å². The molecule has 4 aliphatic carbocycles. The van der Waals surface area contributed by atoms with Crippen molar-refractivity contribution in [3.05, 3.63) is 35.1 Å². The van der Waals surface area contributed by atoms with Crippen LogP contribution in [0.1, 0.15) is 87.6 Å². The zero-order valence-electron chi connectivity index (χ0n) is 18.8. The summed E-state index contributed by atoms with van der Waals surface area (Å²) in [6.45, 7) is 6.26. The summed E-state index contributed by atoms with van der Waals surface area (Å²) in [5.41, 5.74) is 0.990. The molecule has 2 nitrogen and oxygen atoms in total. The highest BCUT2D eigenvalue weighted by atomic mass is 19.1. The Kier molecular flexibility index (Phi) is 4.93. The molecule has 4 fully saturated rings. The minimum absolute atomic E-state index is 0.0365. The number of hydrogen-bond donors (Lipinski definition) is 1. The number of Topliss-reactive ketones (excluding diaryl/α,β-unsaturated/α-hetero) is 1. The molecule has 1 aromatic rings. The number of aliphatic hydroxyl groups is 1. The summed E-state index contributed by atoms with van der Waals surface area (Å²) in [6.07, 6.45) is 10.1. The fourth-order valence-corrected chi connectivity index (χ4v) is 8.59. The average molecular weight is 413 g/mol. The highest BCUT2D eigenvalue weighted by molar-refractivity contribution is 5.98. The van der Waals surface area contributed by atoms with E-state index in [1.165, 1.54) is 37.8 Å². The van der Waals surface area contributed by atoms with Gasteiger partial charge in [0.25, 0.3) is 0 Å². The molecule has 0 saturated heterocycles. The van der Waals surface area contributed by atoms with Crippen molar-refractivity contribution in [3.8, 4) is 0 Å². The first-order valence-electron chi connectivity index (χ1n) is 12.2. The second kappa shape index (κ2) is 7.15. The topological polar surface area (TPSA) is 37.3 Å². The SMILES string of the molecule is Cc1cc(F)cc(C(=O)[C@H]2CC[C@H]3[C@@H]4CC[C@@H]5C[C@](C)(O)CC[C@@H]5[C@H]4CC[C@]23C)c1. The predicted molar refractivity (Wildman–Crippen MR) is 117 cm³/mol. The van der Waals surface area contributed by atoms with Gasteiger partial charge in [0.05, 0.1) is 5.60 Å². The van der Waals surface area contributed by atoms with E-state index in [2.05, 4.69) is 6.92 Å². The van der Waals surface area contributed by atoms with Gasteiger partial charge in [-0.3, -0.25) is 4.79 Å². The van der Waals surface area contributed by atoms with E-state index in [9.17, 15) is 14.3 Å². The summed E-state index contributed by atoms with van der Waals surface area (Å²) in [7, 11) is 0. The Bertz CT molecular complexity index is 825. The number of carbonyl (C=O) groups excluding carboxylic acids is 1. The van der Waals surface area contributed by atoms with Gasteiger partial charge in [-0.2, -0.15) is 0 Å². The van der Waals surface area contributed by atoms with Crippen LogP contribution in [0.25, 0.3) is 0 Å². The third-order valence-electron chi connectivity index (χ3n) is 9.88. The minimum Gasteiger partial charge on any atom is -0.390 e. The normalized spacial score (nSPS) is 45.4. The molecule has 0 unspecified atom stereocenters. The van der Waals surface area contributed by atoms with Gasteiger partial charge in [0.2, 0.25) is 0 Å². The van der Waals surface area contributed by atoms with Crippen LogP contribution in [0.4, 0.5) is 4.39 Å². The molecule has 4 aliphatic rings. The third-order valence-corrected chi connectivity index (χ3v) is 9.88. The zero-order chi connectivity index (χ0) is 21.3. The van der Waals surface area contributed by atoms with Gasteiger partial charge in [0.1, 0.15) is 5.82 Å². The van der Waals surface area contributed by atoms with Crippen LogP contribution in [0.2, 0.25) is 0 Å². The van der Waals surface area contributed by atoms with Crippen LogP contribution in [-0.4, -0.2) is 16.5 Å². The zero-order valence-corrected chi connectivity index (χ0v) is 18.8. The highest BCUT2D eigenvalue weighted by Gasteiger charge is 2.58. The Balaban J connectivity index is 1.37. The first-order chi connectivity index (χ1) is 14.2. The molecule has 0 radical (unpaired) electrons. The Labute approximate surface area is 180 Å². The quantitative estimate of drug-likeness (QED) is 0.576. The highest BCUT2D eigenvalue weighted by Crippen LogP contribution is 2.65. The molecule has 4 saturated carbocycles. The molecule has 1 N–H and O–H groups in total. The van der Waals surface area contributed by atoms with E-state index < -0.39 is 5.60 Å². The van der Waals surface area contributed by atoms with Crippen molar-refractivity contribution in [2.24, 2.45) is 40.9 Å². The van der Waals surface area contributed by atoms with Crippen molar-refractivity contribution in [2.75, 3.05) is 0 Å². The minimum atomic E-state index is -0.467. The smallest absolute Gasteiger partial charge is 0.166 e. The van der Waals surface area contributed by atoms with Crippen LogP contribution >= 0.6 is 0 Å². The molecule has 0 amide bonds.